The van der Waals surface area contributed by atoms with Crippen molar-refractivity contribution in [3.05, 3.63) is 12.2 Å². The lowest BCUT2D eigenvalue weighted by Gasteiger charge is -2.42. The van der Waals surface area contributed by atoms with Crippen LogP contribution in [0.2, 0.25) is 0 Å². The van der Waals surface area contributed by atoms with Gasteiger partial charge in [0.1, 0.15) is 31.0 Å². The maximum absolute atomic E-state index is 13.0. The van der Waals surface area contributed by atoms with Gasteiger partial charge >= 0.3 is 17.9 Å². The van der Waals surface area contributed by atoms with E-state index in [1.807, 2.05) is 0 Å². The zero-order valence-electron chi connectivity index (χ0n) is 32.8. The van der Waals surface area contributed by atoms with Crippen molar-refractivity contribution in [3.63, 3.8) is 0 Å². The Balaban J connectivity index is 2.76. The van der Waals surface area contributed by atoms with Gasteiger partial charge in [0, 0.05) is 19.8 Å². The summed E-state index contributed by atoms with van der Waals surface area (Å²) in [6, 6.07) is 0. The summed E-state index contributed by atoms with van der Waals surface area (Å²) in [6.45, 7) is 3.82. The summed E-state index contributed by atoms with van der Waals surface area (Å²) >= 11 is 0. The Bertz CT molecular complexity index is 961. The Morgan fingerprint density at radius 3 is 1.77 bits per heavy atom. The minimum atomic E-state index is -1.58. The molecule has 1 aliphatic rings. The largest absolute Gasteiger partial charge is 0.463 e. The highest BCUT2D eigenvalue weighted by Gasteiger charge is 2.51. The van der Waals surface area contributed by atoms with Gasteiger partial charge in [0.2, 0.25) is 0 Å². The minimum absolute atomic E-state index is 0.0441. The molecule has 0 amide bonds. The van der Waals surface area contributed by atoms with Crippen LogP contribution in [0.1, 0.15) is 162 Å². The van der Waals surface area contributed by atoms with E-state index in [0.29, 0.717) is 12.8 Å². The Morgan fingerprint density at radius 2 is 1.21 bits per heavy atom. The molecule has 13 heteroatoms. The normalized spacial score (nSPS) is 21.4. The smallest absolute Gasteiger partial charge is 0.342 e. The Morgan fingerprint density at radius 1 is 0.698 bits per heavy atom. The number of aliphatic hydroxyl groups is 4. The number of hydrogen-bond donors (Lipinski definition) is 4. The molecule has 1 saturated heterocycles. The van der Waals surface area contributed by atoms with E-state index in [0.717, 1.165) is 51.4 Å². The van der Waals surface area contributed by atoms with E-state index in [4.69, 9.17) is 28.7 Å². The van der Waals surface area contributed by atoms with E-state index < -0.39 is 80.6 Å². The van der Waals surface area contributed by atoms with Crippen LogP contribution in [0.4, 0.5) is 0 Å². The molecule has 4 N–H and O–H groups in total. The fourth-order valence-corrected chi connectivity index (χ4v) is 5.95. The third-order valence-corrected chi connectivity index (χ3v) is 9.28. The number of carbonyl (C=O) groups is 3. The highest BCUT2D eigenvalue weighted by molar-refractivity contribution is 5.70. The molecule has 0 aromatic carbocycles. The number of unbranched alkanes of at least 4 members (excludes halogenated alkanes) is 17. The molecule has 0 bridgehead atoms. The molecule has 1 aliphatic heterocycles. The van der Waals surface area contributed by atoms with E-state index in [2.05, 4.69) is 26.0 Å². The van der Waals surface area contributed by atoms with Crippen LogP contribution in [-0.2, 0) is 43.1 Å². The van der Waals surface area contributed by atoms with E-state index in [9.17, 15) is 34.8 Å². The number of esters is 2. The van der Waals surface area contributed by atoms with Gasteiger partial charge in [-0.1, -0.05) is 116 Å². The maximum Gasteiger partial charge on any atom is 0.342 e. The van der Waals surface area contributed by atoms with Gasteiger partial charge in [-0.2, -0.15) is 4.89 Å². The van der Waals surface area contributed by atoms with E-state index in [1.165, 1.54) is 71.1 Å². The van der Waals surface area contributed by atoms with Crippen LogP contribution in [0.15, 0.2) is 12.2 Å². The van der Waals surface area contributed by atoms with Crippen LogP contribution in [-0.4, -0.2) is 101 Å². The lowest BCUT2D eigenvalue weighted by molar-refractivity contribution is -0.391. The van der Waals surface area contributed by atoms with Gasteiger partial charge in [-0.25, -0.2) is 4.79 Å². The highest BCUT2D eigenvalue weighted by atomic mass is 17.2. The molecule has 0 spiro atoms. The maximum atomic E-state index is 13.0. The summed E-state index contributed by atoms with van der Waals surface area (Å²) in [5.74, 6) is -1.97. The van der Waals surface area contributed by atoms with Crippen LogP contribution >= 0.6 is 0 Å². The third-order valence-electron chi connectivity index (χ3n) is 9.28. The molecule has 0 radical (unpaired) electrons. The predicted octanol–water partition coefficient (Wildman–Crippen LogP) is 6.30. The van der Waals surface area contributed by atoms with Crippen LogP contribution < -0.4 is 0 Å². The van der Waals surface area contributed by atoms with E-state index >= 15 is 0 Å². The van der Waals surface area contributed by atoms with Crippen molar-refractivity contribution in [1.82, 2.24) is 0 Å². The topological polar surface area (TPSA) is 188 Å². The molecule has 310 valence electrons. The summed E-state index contributed by atoms with van der Waals surface area (Å²) in [6.07, 6.45) is 15.8. The van der Waals surface area contributed by atoms with Crippen LogP contribution in [0.25, 0.3) is 0 Å². The SMILES string of the molecule is CCCCCCCCCCC/C=C/CCCCC(=O)O[C@H]1[C@H](O)[C@@H](COC(C)=O)O[C@@H](OC[C@H](O)[C@H](O)CO)[C@H]1OOC(=O)CCCCCCCCC. The average molecular weight is 761 g/mol. The van der Waals surface area contributed by atoms with Crippen LogP contribution in [0.5, 0.6) is 0 Å². The molecule has 0 saturated carbocycles. The van der Waals surface area contributed by atoms with Gasteiger partial charge in [-0.15, -0.1) is 0 Å². The van der Waals surface area contributed by atoms with Crippen LogP contribution in [0.3, 0.4) is 0 Å². The van der Waals surface area contributed by atoms with Gasteiger partial charge in [-0.05, 0) is 38.5 Å². The van der Waals surface area contributed by atoms with Crippen molar-refractivity contribution < 1.29 is 63.5 Å². The van der Waals surface area contributed by atoms with E-state index in [1.54, 1.807) is 0 Å². The predicted molar refractivity (Wildman–Crippen MR) is 199 cm³/mol. The third kappa shape index (κ3) is 24.1. The first-order valence-corrected chi connectivity index (χ1v) is 20.4. The lowest BCUT2D eigenvalue weighted by Crippen LogP contribution is -2.62. The quantitative estimate of drug-likeness (QED) is 0.0192. The number of hydrogen-bond acceptors (Lipinski definition) is 13. The number of ether oxygens (including phenoxy) is 4. The molecular weight excluding hydrogens is 688 g/mol. The zero-order valence-corrected chi connectivity index (χ0v) is 32.8. The molecule has 0 aromatic heterocycles. The fraction of sp³-hybridized carbons (Fsp3) is 0.875. The van der Waals surface area contributed by atoms with Gasteiger partial charge in [0.05, 0.1) is 13.2 Å². The number of aliphatic hydroxyl groups excluding tert-OH is 4. The molecule has 1 rings (SSSR count). The minimum Gasteiger partial charge on any atom is -0.463 e. The Hall–Kier alpha value is -2.13. The van der Waals surface area contributed by atoms with Crippen LogP contribution in [0, 0.1) is 0 Å². The van der Waals surface area contributed by atoms with Gasteiger partial charge in [0.25, 0.3) is 0 Å². The highest BCUT2D eigenvalue weighted by Crippen LogP contribution is 2.29. The summed E-state index contributed by atoms with van der Waals surface area (Å²) in [4.78, 5) is 47.7. The zero-order chi connectivity index (χ0) is 39.1. The van der Waals surface area contributed by atoms with Gasteiger partial charge in [-0.3, -0.25) is 14.5 Å². The molecule has 1 heterocycles. The molecule has 0 aliphatic carbocycles. The summed E-state index contributed by atoms with van der Waals surface area (Å²) in [5, 5.41) is 40.4. The molecular formula is C40H72O13. The fourth-order valence-electron chi connectivity index (χ4n) is 5.95. The second-order valence-corrected chi connectivity index (χ2v) is 14.2. The lowest BCUT2D eigenvalue weighted by atomic mass is 9.98. The van der Waals surface area contributed by atoms with Gasteiger partial charge in [0.15, 0.2) is 18.5 Å². The first-order valence-electron chi connectivity index (χ1n) is 20.4. The summed E-state index contributed by atoms with van der Waals surface area (Å²) < 4.78 is 22.1. The standard InChI is InChI=1S/C40H72O13/c1-4-6-8-10-12-13-14-15-16-17-18-19-21-22-24-26-35(45)51-38-37(47)34(30-48-31(3)42)50-40(49-29-33(44)32(43)28-41)39(38)53-52-36(46)27-25-23-20-11-9-7-5-2/h18-19,32-34,37-41,43-44,47H,4-17,20-30H2,1-3H3/b19-18+/t32-,33+,34-,37-,38+,39+,40-/m1/s1. The molecule has 13 nitrogen and oxygen atoms in total. The monoisotopic (exact) mass is 760 g/mol. The first kappa shape index (κ1) is 48.9. The molecule has 7 atom stereocenters. The van der Waals surface area contributed by atoms with Crippen molar-refractivity contribution >= 4 is 17.9 Å². The Kier molecular flexibility index (Phi) is 29.7. The second-order valence-electron chi connectivity index (χ2n) is 14.2. The van der Waals surface area contributed by atoms with Crippen molar-refractivity contribution in [2.75, 3.05) is 19.8 Å². The Labute approximate surface area is 318 Å². The number of carbonyl (C=O) groups excluding carboxylic acids is 3. The van der Waals surface area contributed by atoms with Crippen molar-refractivity contribution in [2.45, 2.75) is 205 Å². The van der Waals surface area contributed by atoms with Crippen molar-refractivity contribution in [3.8, 4) is 0 Å². The molecule has 0 unspecified atom stereocenters. The summed E-state index contributed by atoms with van der Waals surface area (Å²) in [5.41, 5.74) is 0. The average Bonchev–Trinajstić information content (AvgIpc) is 3.14. The molecule has 0 aromatic rings. The second kappa shape index (κ2) is 32.1. The molecule has 1 fully saturated rings. The summed E-state index contributed by atoms with van der Waals surface area (Å²) in [7, 11) is 0. The first-order chi connectivity index (χ1) is 25.6. The molecule has 53 heavy (non-hydrogen) atoms. The number of rotatable bonds is 33. The van der Waals surface area contributed by atoms with E-state index in [-0.39, 0.29) is 12.8 Å². The number of allylic oxidation sites excluding steroid dienone is 2. The van der Waals surface area contributed by atoms with Gasteiger partial charge < -0.3 is 39.4 Å². The van der Waals surface area contributed by atoms with Crippen molar-refractivity contribution in [1.29, 1.82) is 0 Å². The van der Waals surface area contributed by atoms with Crippen molar-refractivity contribution in [2.24, 2.45) is 0 Å².